The second-order valence-electron chi connectivity index (χ2n) is 9.64. The number of carbonyl (C=O) groups is 1. The molecule has 12 heteroatoms. The highest BCUT2D eigenvalue weighted by atomic mass is 16.8. The van der Waals surface area contributed by atoms with Crippen LogP contribution in [0.1, 0.15) is 18.9 Å². The monoisotopic (exact) mass is 524 g/mol. The zero-order valence-electron chi connectivity index (χ0n) is 20.3. The molecule has 1 saturated heterocycles. The van der Waals surface area contributed by atoms with Crippen molar-refractivity contribution in [3.05, 3.63) is 48.2 Å². The fourth-order valence-electron chi connectivity index (χ4n) is 4.92. The van der Waals surface area contributed by atoms with Crippen molar-refractivity contribution in [1.29, 1.82) is 0 Å². The molecule has 2 heterocycles. The molecule has 204 valence electrons. The van der Waals surface area contributed by atoms with Gasteiger partial charge in [0.2, 0.25) is 6.29 Å². The molecule has 4 rings (SSSR count). The van der Waals surface area contributed by atoms with Crippen LogP contribution in [0.15, 0.2) is 42.7 Å². The maximum atomic E-state index is 12.2. The average Bonchev–Trinajstić information content (AvgIpc) is 3.06. The molecule has 0 aromatic heterocycles. The predicted octanol–water partition coefficient (Wildman–Crippen LogP) is -1.19. The summed E-state index contributed by atoms with van der Waals surface area (Å²) in [5.74, 6) is -1.25. The van der Waals surface area contributed by atoms with Crippen LogP contribution in [0, 0.1) is 5.92 Å². The highest BCUT2D eigenvalue weighted by molar-refractivity contribution is 5.87. The molecular formula is C25H32O12. The summed E-state index contributed by atoms with van der Waals surface area (Å²) in [6.07, 6.45) is -5.83. The van der Waals surface area contributed by atoms with E-state index in [1.54, 1.807) is 24.3 Å². The number of aliphatic hydroxyl groups excluding tert-OH is 4. The molecule has 0 radical (unpaired) electrons. The lowest BCUT2D eigenvalue weighted by atomic mass is 9.81. The molecule has 37 heavy (non-hydrogen) atoms. The predicted molar refractivity (Wildman–Crippen MR) is 124 cm³/mol. The maximum absolute atomic E-state index is 12.2. The van der Waals surface area contributed by atoms with E-state index in [2.05, 4.69) is 0 Å². The minimum atomic E-state index is -1.87. The van der Waals surface area contributed by atoms with Crippen LogP contribution in [-0.2, 0) is 23.7 Å². The third-order valence-electron chi connectivity index (χ3n) is 6.98. The van der Waals surface area contributed by atoms with Gasteiger partial charge in [-0.2, -0.15) is 0 Å². The number of aliphatic hydroxyl groups is 6. The zero-order chi connectivity index (χ0) is 27.0. The molecule has 3 aliphatic rings. The van der Waals surface area contributed by atoms with Crippen molar-refractivity contribution >= 4 is 12.0 Å². The van der Waals surface area contributed by atoms with E-state index in [1.807, 2.05) is 0 Å². The molecule has 2 fully saturated rings. The fourth-order valence-corrected chi connectivity index (χ4v) is 4.92. The van der Waals surface area contributed by atoms with E-state index < -0.39 is 72.8 Å². The number of fused-ring (bicyclic) bond motifs is 1. The first-order valence-corrected chi connectivity index (χ1v) is 11.8. The Labute approximate surface area is 212 Å². The number of methoxy groups -OCH3 is 1. The van der Waals surface area contributed by atoms with E-state index in [4.69, 9.17) is 23.7 Å². The highest BCUT2D eigenvalue weighted by Gasteiger charge is 2.64. The van der Waals surface area contributed by atoms with Crippen molar-refractivity contribution in [2.75, 3.05) is 13.7 Å². The number of benzene rings is 1. The lowest BCUT2D eigenvalue weighted by molar-refractivity contribution is -0.351. The molecule has 2 aliphatic heterocycles. The zero-order valence-corrected chi connectivity index (χ0v) is 20.3. The quantitative estimate of drug-likeness (QED) is 0.185. The fraction of sp³-hybridized carbons (Fsp3) is 0.560. The van der Waals surface area contributed by atoms with Crippen LogP contribution >= 0.6 is 0 Å². The third-order valence-corrected chi connectivity index (χ3v) is 6.98. The van der Waals surface area contributed by atoms with Crippen molar-refractivity contribution in [3.8, 4) is 5.75 Å². The van der Waals surface area contributed by atoms with Crippen molar-refractivity contribution < 1.29 is 59.1 Å². The summed E-state index contributed by atoms with van der Waals surface area (Å²) < 4.78 is 26.9. The summed E-state index contributed by atoms with van der Waals surface area (Å²) in [6, 6.07) is 6.92. The molecule has 10 atom stereocenters. The maximum Gasteiger partial charge on any atom is 0.330 e. The number of ether oxygens (including phenoxy) is 5. The Morgan fingerprint density at radius 3 is 2.46 bits per heavy atom. The van der Waals surface area contributed by atoms with E-state index >= 15 is 0 Å². The molecule has 1 aromatic rings. The smallest absolute Gasteiger partial charge is 0.330 e. The van der Waals surface area contributed by atoms with E-state index in [0.717, 1.165) is 6.26 Å². The lowest BCUT2D eigenvalue weighted by Crippen LogP contribution is -2.62. The van der Waals surface area contributed by atoms with Gasteiger partial charge in [-0.1, -0.05) is 12.1 Å². The van der Waals surface area contributed by atoms with E-state index in [9.17, 15) is 35.4 Å². The van der Waals surface area contributed by atoms with Gasteiger partial charge in [0, 0.05) is 12.5 Å². The Kier molecular flexibility index (Phi) is 7.93. The van der Waals surface area contributed by atoms with Crippen LogP contribution in [0.4, 0.5) is 0 Å². The number of esters is 1. The average molecular weight is 525 g/mol. The Bertz CT molecular complexity index is 1010. The van der Waals surface area contributed by atoms with Gasteiger partial charge in [-0.25, -0.2) is 4.79 Å². The van der Waals surface area contributed by atoms with Crippen LogP contribution in [-0.4, -0.2) is 105 Å². The Morgan fingerprint density at radius 1 is 1.08 bits per heavy atom. The molecule has 12 nitrogen and oxygen atoms in total. The van der Waals surface area contributed by atoms with Gasteiger partial charge >= 0.3 is 5.97 Å². The minimum Gasteiger partial charge on any atom is -0.497 e. The largest absolute Gasteiger partial charge is 0.497 e. The molecule has 0 amide bonds. The third kappa shape index (κ3) is 5.52. The van der Waals surface area contributed by atoms with Crippen molar-refractivity contribution in [2.24, 2.45) is 5.92 Å². The minimum absolute atomic E-state index is 0.167. The van der Waals surface area contributed by atoms with Gasteiger partial charge in [0.15, 0.2) is 6.29 Å². The molecule has 1 saturated carbocycles. The van der Waals surface area contributed by atoms with Gasteiger partial charge in [0.25, 0.3) is 0 Å². The van der Waals surface area contributed by atoms with E-state index in [-0.39, 0.29) is 6.42 Å². The SMILES string of the molecule is COc1ccc(C=CC(=O)OC[C@H]2O[C@@H](O[C@@H]3OC=C[C@@]4(O)[C@H](O)C[C@](C)(O)[C@@H]34)[C@H](O)[C@@H](O)[C@@H]2O)cc1. The molecule has 0 unspecified atom stereocenters. The number of rotatable bonds is 7. The molecule has 0 bridgehead atoms. The summed E-state index contributed by atoms with van der Waals surface area (Å²) >= 11 is 0. The normalized spacial score (nSPS) is 41.3. The van der Waals surface area contributed by atoms with E-state index in [0.29, 0.717) is 11.3 Å². The number of carbonyl (C=O) groups excluding carboxylic acids is 1. The first-order chi connectivity index (χ1) is 17.5. The number of hydrogen-bond donors (Lipinski definition) is 6. The summed E-state index contributed by atoms with van der Waals surface area (Å²) in [5.41, 5.74) is -2.75. The summed E-state index contributed by atoms with van der Waals surface area (Å²) in [5, 5.41) is 63.1. The molecule has 0 spiro atoms. The van der Waals surface area contributed by atoms with Gasteiger partial charge in [-0.05, 0) is 36.8 Å². The van der Waals surface area contributed by atoms with Crippen LogP contribution in [0.3, 0.4) is 0 Å². The second-order valence-corrected chi connectivity index (χ2v) is 9.64. The molecular weight excluding hydrogens is 492 g/mol. The van der Waals surface area contributed by atoms with Crippen LogP contribution in [0.5, 0.6) is 5.75 Å². The second kappa shape index (κ2) is 10.7. The Balaban J connectivity index is 1.39. The van der Waals surface area contributed by atoms with Crippen LogP contribution < -0.4 is 4.74 Å². The Morgan fingerprint density at radius 2 is 1.78 bits per heavy atom. The highest BCUT2D eigenvalue weighted by Crippen LogP contribution is 2.49. The number of hydrogen-bond acceptors (Lipinski definition) is 12. The van der Waals surface area contributed by atoms with Gasteiger partial charge in [0.1, 0.15) is 42.4 Å². The van der Waals surface area contributed by atoms with Gasteiger partial charge in [-0.3, -0.25) is 0 Å². The first kappa shape index (κ1) is 27.5. The molecule has 6 N–H and O–H groups in total. The van der Waals surface area contributed by atoms with Crippen molar-refractivity contribution in [2.45, 2.75) is 67.6 Å². The van der Waals surface area contributed by atoms with Crippen molar-refractivity contribution in [1.82, 2.24) is 0 Å². The molecule has 1 aliphatic carbocycles. The van der Waals surface area contributed by atoms with Crippen LogP contribution in [0.2, 0.25) is 0 Å². The van der Waals surface area contributed by atoms with Crippen LogP contribution in [0.25, 0.3) is 6.08 Å². The van der Waals surface area contributed by atoms with Gasteiger partial charge in [-0.15, -0.1) is 0 Å². The summed E-state index contributed by atoms with van der Waals surface area (Å²) in [7, 11) is 1.54. The summed E-state index contributed by atoms with van der Waals surface area (Å²) in [6.45, 7) is 0.919. The lowest BCUT2D eigenvalue weighted by Gasteiger charge is -2.45. The van der Waals surface area contributed by atoms with Gasteiger partial charge in [0.05, 0.1) is 31.0 Å². The Hall–Kier alpha value is -2.55. The first-order valence-electron chi connectivity index (χ1n) is 11.8. The summed E-state index contributed by atoms with van der Waals surface area (Å²) in [4.78, 5) is 12.2. The molecule has 1 aromatic carbocycles. The standard InChI is InChI=1S/C25H32O12/c1-24(31)11-16(26)25(32)9-10-34-23(21(24)25)37-22-20(30)19(29)18(28)15(36-22)12-35-17(27)8-5-13-3-6-14(33-2)7-4-13/h3-10,15-16,18-23,26,28-32H,11-12H2,1-2H3/t15-,16-,18-,19+,20-,21-,22+,23+,24+,25-/m1/s1. The topological polar surface area (TPSA) is 185 Å². The van der Waals surface area contributed by atoms with Crippen molar-refractivity contribution in [3.63, 3.8) is 0 Å². The van der Waals surface area contributed by atoms with Gasteiger partial charge < -0.3 is 54.3 Å². The van der Waals surface area contributed by atoms with E-state index in [1.165, 1.54) is 32.3 Å².